The Morgan fingerprint density at radius 1 is 0.976 bits per heavy atom. The van der Waals surface area contributed by atoms with Crippen LogP contribution >= 0.6 is 15.9 Å². The summed E-state index contributed by atoms with van der Waals surface area (Å²) in [5, 5.41) is 14.3. The summed E-state index contributed by atoms with van der Waals surface area (Å²) >= 11 is 3.56. The quantitative estimate of drug-likeness (QED) is 0.0917. The van der Waals surface area contributed by atoms with Gasteiger partial charge in [-0.2, -0.15) is 10.1 Å². The number of hydrogen-bond donors (Lipinski definition) is 1. The molecule has 7 nitrogen and oxygen atoms in total. The van der Waals surface area contributed by atoms with Gasteiger partial charge in [0.1, 0.15) is 17.9 Å². The smallest absolute Gasteiger partial charge is 0.265 e. The van der Waals surface area contributed by atoms with E-state index in [9.17, 15) is 0 Å². The lowest BCUT2D eigenvalue weighted by Crippen LogP contribution is -2.10. The molecular formula is C33H37BrN6O. The van der Waals surface area contributed by atoms with Crippen molar-refractivity contribution in [2.45, 2.75) is 71.9 Å². The van der Waals surface area contributed by atoms with E-state index in [2.05, 4.69) is 111 Å². The van der Waals surface area contributed by atoms with Crippen molar-refractivity contribution in [3.63, 3.8) is 0 Å². The molecule has 0 saturated heterocycles. The van der Waals surface area contributed by atoms with Crippen molar-refractivity contribution in [2.24, 2.45) is 5.10 Å². The Labute approximate surface area is 250 Å². The molecular weight excluding hydrogens is 576 g/mol. The monoisotopic (exact) mass is 612 g/mol. The topological polar surface area (TPSA) is 77.2 Å². The van der Waals surface area contributed by atoms with Crippen LogP contribution in [0.4, 0.5) is 5.95 Å². The highest BCUT2D eigenvalue weighted by atomic mass is 79.9. The third-order valence-corrected chi connectivity index (χ3v) is 7.66. The molecule has 5 aromatic rings. The van der Waals surface area contributed by atoms with Gasteiger partial charge in [0.15, 0.2) is 5.65 Å². The standard InChI is InChI=1S/C33H37BrN6O/c1-5-6-7-10-19-40-28-12-9-8-11-27(28)30-31(40)36-32(39-37-30)38-35-21-24-20-26(34)17-18-29(24)41-22-23-13-15-25(16-14-23)33(2,3)4/h8-9,11-18,20-21H,5-7,10,19,22H2,1-4H3,(H,36,38,39)/b35-21+. The molecule has 0 spiro atoms. The van der Waals surface area contributed by atoms with Gasteiger partial charge in [0.2, 0.25) is 0 Å². The van der Waals surface area contributed by atoms with Gasteiger partial charge in [-0.1, -0.05) is 105 Å². The molecule has 0 amide bonds. The van der Waals surface area contributed by atoms with Crippen molar-refractivity contribution >= 4 is 50.2 Å². The average Bonchev–Trinajstić information content (AvgIpc) is 3.27. The molecule has 1 N–H and O–H groups in total. The maximum atomic E-state index is 6.18. The van der Waals surface area contributed by atoms with Crippen LogP contribution in [0, 0.1) is 0 Å². The van der Waals surface area contributed by atoms with Gasteiger partial charge in [-0.05, 0) is 47.2 Å². The van der Waals surface area contributed by atoms with Crippen LogP contribution in [0.3, 0.4) is 0 Å². The highest BCUT2D eigenvalue weighted by Crippen LogP contribution is 2.28. The van der Waals surface area contributed by atoms with Gasteiger partial charge in [0.05, 0.1) is 11.7 Å². The first-order valence-electron chi connectivity index (χ1n) is 14.3. The number of aromatic nitrogens is 4. The number of nitrogens with one attached hydrogen (secondary N) is 1. The highest BCUT2D eigenvalue weighted by molar-refractivity contribution is 9.10. The number of benzene rings is 3. The number of hydrazone groups is 1. The van der Waals surface area contributed by atoms with E-state index < -0.39 is 0 Å². The molecule has 0 aliphatic rings. The lowest BCUT2D eigenvalue weighted by Gasteiger charge is -2.19. The predicted molar refractivity (Wildman–Crippen MR) is 172 cm³/mol. The Bertz CT molecular complexity index is 1650. The van der Waals surface area contributed by atoms with Gasteiger partial charge < -0.3 is 9.30 Å². The molecule has 0 atom stereocenters. The summed E-state index contributed by atoms with van der Waals surface area (Å²) in [6.45, 7) is 10.2. The summed E-state index contributed by atoms with van der Waals surface area (Å²) in [7, 11) is 0. The van der Waals surface area contributed by atoms with E-state index >= 15 is 0 Å². The minimum Gasteiger partial charge on any atom is -0.488 e. The van der Waals surface area contributed by atoms with E-state index in [1.54, 1.807) is 6.21 Å². The fourth-order valence-corrected chi connectivity index (χ4v) is 5.23. The summed E-state index contributed by atoms with van der Waals surface area (Å²) in [6.07, 6.45) is 6.45. The number of aryl methyl sites for hydroxylation is 1. The fraction of sp³-hybridized carbons (Fsp3) is 0.333. The Balaban J connectivity index is 1.32. The number of anilines is 1. The van der Waals surface area contributed by atoms with Crippen molar-refractivity contribution in [3.05, 3.63) is 87.9 Å². The van der Waals surface area contributed by atoms with E-state index in [4.69, 9.17) is 9.72 Å². The van der Waals surface area contributed by atoms with Crippen molar-refractivity contribution in [1.29, 1.82) is 0 Å². The lowest BCUT2D eigenvalue weighted by atomic mass is 9.87. The first-order valence-corrected chi connectivity index (χ1v) is 15.1. The van der Waals surface area contributed by atoms with E-state index in [-0.39, 0.29) is 5.41 Å². The number of unbranched alkanes of at least 4 members (excludes halogenated alkanes) is 3. The van der Waals surface area contributed by atoms with E-state index in [1.165, 1.54) is 24.8 Å². The van der Waals surface area contributed by atoms with E-state index in [1.807, 2.05) is 24.3 Å². The molecule has 0 radical (unpaired) electrons. The zero-order valence-corrected chi connectivity index (χ0v) is 25.8. The molecule has 3 aromatic carbocycles. The van der Waals surface area contributed by atoms with E-state index in [0.29, 0.717) is 12.6 Å². The molecule has 0 bridgehead atoms. The Kier molecular flexibility index (Phi) is 8.98. The van der Waals surface area contributed by atoms with E-state index in [0.717, 1.165) is 56.4 Å². The predicted octanol–water partition coefficient (Wildman–Crippen LogP) is 8.64. The summed E-state index contributed by atoms with van der Waals surface area (Å²) in [5.41, 5.74) is 9.10. The van der Waals surface area contributed by atoms with Gasteiger partial charge in [0.25, 0.3) is 5.95 Å². The molecule has 8 heteroatoms. The maximum Gasteiger partial charge on any atom is 0.265 e. The molecule has 0 aliphatic carbocycles. The second kappa shape index (κ2) is 12.8. The second-order valence-corrected chi connectivity index (χ2v) is 12.2. The molecule has 0 unspecified atom stereocenters. The minimum atomic E-state index is 0.122. The SMILES string of the molecule is CCCCCCn1c2ccccc2c2nnc(N/N=C/c3cc(Br)ccc3OCc3ccc(C(C)(C)C)cc3)nc21. The van der Waals surface area contributed by atoms with Crippen molar-refractivity contribution in [1.82, 2.24) is 19.7 Å². The van der Waals surface area contributed by atoms with Crippen LogP contribution in [0.5, 0.6) is 5.75 Å². The van der Waals surface area contributed by atoms with Gasteiger partial charge in [0, 0.05) is 22.0 Å². The highest BCUT2D eigenvalue weighted by Gasteiger charge is 2.15. The van der Waals surface area contributed by atoms with Crippen molar-refractivity contribution < 1.29 is 4.74 Å². The van der Waals surface area contributed by atoms with Gasteiger partial charge in [-0.3, -0.25) is 0 Å². The number of fused-ring (bicyclic) bond motifs is 3. The number of para-hydroxylation sites is 1. The zero-order chi connectivity index (χ0) is 28.8. The number of ether oxygens (including phenoxy) is 1. The first-order chi connectivity index (χ1) is 19.8. The van der Waals surface area contributed by atoms with Crippen LogP contribution < -0.4 is 10.2 Å². The van der Waals surface area contributed by atoms with Crippen LogP contribution in [-0.4, -0.2) is 26.0 Å². The summed E-state index contributed by atoms with van der Waals surface area (Å²) in [6, 6.07) is 22.7. The molecule has 2 heterocycles. The third-order valence-electron chi connectivity index (χ3n) is 7.16. The molecule has 0 aliphatic heterocycles. The maximum absolute atomic E-state index is 6.18. The number of hydrogen-bond acceptors (Lipinski definition) is 6. The normalized spacial score (nSPS) is 12.0. The second-order valence-electron chi connectivity index (χ2n) is 11.3. The lowest BCUT2D eigenvalue weighted by molar-refractivity contribution is 0.305. The van der Waals surface area contributed by atoms with Gasteiger partial charge >= 0.3 is 0 Å². The summed E-state index contributed by atoms with van der Waals surface area (Å²) in [4.78, 5) is 4.81. The number of nitrogens with zero attached hydrogens (tertiary/aromatic N) is 5. The minimum absolute atomic E-state index is 0.122. The van der Waals surface area contributed by atoms with Crippen LogP contribution in [-0.2, 0) is 18.6 Å². The van der Waals surface area contributed by atoms with Crippen LogP contribution in [0.25, 0.3) is 22.1 Å². The van der Waals surface area contributed by atoms with Crippen LogP contribution in [0.1, 0.15) is 70.1 Å². The van der Waals surface area contributed by atoms with Gasteiger partial charge in [-0.15, -0.1) is 10.2 Å². The Morgan fingerprint density at radius 2 is 1.78 bits per heavy atom. The molecule has 0 fully saturated rings. The Hall–Kier alpha value is -3.78. The molecule has 212 valence electrons. The Morgan fingerprint density at radius 3 is 2.56 bits per heavy atom. The largest absolute Gasteiger partial charge is 0.488 e. The summed E-state index contributed by atoms with van der Waals surface area (Å²) in [5.74, 6) is 1.09. The molecule has 2 aromatic heterocycles. The third kappa shape index (κ3) is 6.93. The number of rotatable bonds is 11. The molecule has 41 heavy (non-hydrogen) atoms. The van der Waals surface area contributed by atoms with Crippen LogP contribution in [0.2, 0.25) is 0 Å². The van der Waals surface area contributed by atoms with Crippen molar-refractivity contribution in [2.75, 3.05) is 5.43 Å². The first kappa shape index (κ1) is 28.7. The van der Waals surface area contributed by atoms with Crippen LogP contribution in [0.15, 0.2) is 76.3 Å². The number of halogens is 1. The van der Waals surface area contributed by atoms with Gasteiger partial charge in [-0.25, -0.2) is 5.43 Å². The fourth-order valence-electron chi connectivity index (χ4n) is 4.85. The average molecular weight is 614 g/mol. The molecule has 0 saturated carbocycles. The summed E-state index contributed by atoms with van der Waals surface area (Å²) < 4.78 is 9.37. The van der Waals surface area contributed by atoms with Crippen molar-refractivity contribution in [3.8, 4) is 5.75 Å². The molecule has 5 rings (SSSR count). The zero-order valence-electron chi connectivity index (χ0n) is 24.2.